The molecular weight excluding hydrogens is 870 g/mol. The van der Waals surface area contributed by atoms with E-state index in [0.717, 1.165) is 42.7 Å². The summed E-state index contributed by atoms with van der Waals surface area (Å²) in [6.07, 6.45) is 13.7. The van der Waals surface area contributed by atoms with Crippen LogP contribution in [0.4, 0.5) is 51.2 Å². The highest BCUT2D eigenvalue weighted by Gasteiger charge is 2.44. The predicted octanol–water partition coefficient (Wildman–Crippen LogP) is 17.4. The molecule has 0 atom stereocenters. The molecular formula is C68H68BN3. The Morgan fingerprint density at radius 3 is 1.40 bits per heavy atom. The largest absolute Gasteiger partial charge is 0.311 e. The number of benzene rings is 9. The van der Waals surface area contributed by atoms with Gasteiger partial charge in [-0.05, 0) is 162 Å². The Hall–Kier alpha value is -7.30. The van der Waals surface area contributed by atoms with Crippen LogP contribution in [0.25, 0.3) is 21.9 Å². The molecule has 2 aliphatic heterocycles. The van der Waals surface area contributed by atoms with E-state index in [2.05, 4.69) is 237 Å². The van der Waals surface area contributed by atoms with Gasteiger partial charge in [0.25, 0.3) is 6.71 Å². The van der Waals surface area contributed by atoms with Crippen LogP contribution in [-0.2, 0) is 25.7 Å². The fourth-order valence-corrected chi connectivity index (χ4v) is 11.6. The lowest BCUT2D eigenvalue weighted by Gasteiger charge is -2.45. The molecule has 0 amide bonds. The van der Waals surface area contributed by atoms with Crippen molar-refractivity contribution in [2.24, 2.45) is 0 Å². The van der Waals surface area contributed by atoms with Crippen molar-refractivity contribution in [2.75, 3.05) is 14.7 Å². The Balaban J connectivity index is 1.25. The minimum Gasteiger partial charge on any atom is -0.311 e. The van der Waals surface area contributed by atoms with Gasteiger partial charge in [0.15, 0.2) is 0 Å². The first-order chi connectivity index (χ1) is 35.6. The van der Waals surface area contributed by atoms with Gasteiger partial charge < -0.3 is 14.7 Å². The van der Waals surface area contributed by atoms with E-state index >= 15 is 0 Å². The average Bonchev–Trinajstić information content (AvgIpc) is 3.43. The maximum absolute atomic E-state index is 2.61. The van der Waals surface area contributed by atoms with Gasteiger partial charge in [0.2, 0.25) is 0 Å². The first-order valence-electron chi connectivity index (χ1n) is 27.2. The van der Waals surface area contributed by atoms with Crippen LogP contribution < -0.4 is 31.1 Å². The molecule has 0 radical (unpaired) electrons. The molecule has 358 valence electrons. The molecule has 11 rings (SSSR count). The monoisotopic (exact) mass is 938 g/mol. The van der Waals surface area contributed by atoms with Gasteiger partial charge in [-0.3, -0.25) is 0 Å². The van der Waals surface area contributed by atoms with Gasteiger partial charge in [0.1, 0.15) is 0 Å². The standard InChI is InChI=1S/C68H68BN3/c1-5-9-21-49-33-39-55(40-34-49)70-64-43-37-51(23-11-7-3)45-60(64)69-61-46-52(24-12-8-4)38-44-65(61)71(56-41-35-50(36-42-56)22-10-6-2)67-48-57(47-66(70)68(67)69)72(63-32-20-28-54-27-16-17-29-59(54)63)62-31-19-18-30-58(62)53-25-14-13-15-26-53/h13-20,25-48H,5-12,21-24H2,1-4H3. The van der Waals surface area contributed by atoms with Crippen molar-refractivity contribution < 1.29 is 0 Å². The van der Waals surface area contributed by atoms with Crippen molar-refractivity contribution in [3.8, 4) is 11.1 Å². The van der Waals surface area contributed by atoms with E-state index in [1.807, 2.05) is 0 Å². The third-order valence-corrected chi connectivity index (χ3v) is 15.3. The maximum Gasteiger partial charge on any atom is 0.252 e. The minimum atomic E-state index is 0.0277. The van der Waals surface area contributed by atoms with E-state index in [4.69, 9.17) is 0 Å². The molecule has 2 aliphatic rings. The van der Waals surface area contributed by atoms with Crippen molar-refractivity contribution in [2.45, 2.75) is 105 Å². The second-order valence-corrected chi connectivity index (χ2v) is 20.3. The van der Waals surface area contributed by atoms with Crippen LogP contribution in [0.2, 0.25) is 0 Å². The van der Waals surface area contributed by atoms with E-state index in [0.29, 0.717) is 0 Å². The molecule has 0 fully saturated rings. The quantitative estimate of drug-likeness (QED) is 0.0794. The minimum absolute atomic E-state index is 0.0277. The molecule has 72 heavy (non-hydrogen) atoms. The Labute approximate surface area is 429 Å². The van der Waals surface area contributed by atoms with E-state index in [1.165, 1.54) is 146 Å². The molecule has 0 aliphatic carbocycles. The molecule has 0 saturated heterocycles. The lowest BCUT2D eigenvalue weighted by Crippen LogP contribution is -2.61. The summed E-state index contributed by atoms with van der Waals surface area (Å²) < 4.78 is 0. The number of fused-ring (bicyclic) bond motifs is 5. The summed E-state index contributed by atoms with van der Waals surface area (Å²) in [6.45, 7) is 9.22. The van der Waals surface area contributed by atoms with Crippen LogP contribution in [-0.4, -0.2) is 6.71 Å². The number of hydrogen-bond donors (Lipinski definition) is 0. The van der Waals surface area contributed by atoms with Gasteiger partial charge in [-0.15, -0.1) is 0 Å². The molecule has 0 unspecified atom stereocenters. The molecule has 3 nitrogen and oxygen atoms in total. The number of aryl methyl sites for hydroxylation is 4. The van der Waals surface area contributed by atoms with Gasteiger partial charge in [0, 0.05) is 45.1 Å². The topological polar surface area (TPSA) is 9.72 Å². The summed E-state index contributed by atoms with van der Waals surface area (Å²) in [6, 6.07) is 74.6. The van der Waals surface area contributed by atoms with Gasteiger partial charge >= 0.3 is 0 Å². The van der Waals surface area contributed by atoms with E-state index in [-0.39, 0.29) is 6.71 Å². The fourth-order valence-electron chi connectivity index (χ4n) is 11.6. The number of rotatable bonds is 18. The first kappa shape index (κ1) is 47.1. The summed E-state index contributed by atoms with van der Waals surface area (Å²) in [7, 11) is 0. The normalized spacial score (nSPS) is 12.5. The molecule has 0 spiro atoms. The molecule has 2 heterocycles. The molecule has 0 aromatic heterocycles. The Kier molecular flexibility index (Phi) is 13.9. The van der Waals surface area contributed by atoms with Crippen LogP contribution in [0.1, 0.15) is 101 Å². The van der Waals surface area contributed by atoms with E-state index in [9.17, 15) is 0 Å². The molecule has 9 aromatic carbocycles. The van der Waals surface area contributed by atoms with Gasteiger partial charge in [-0.25, -0.2) is 0 Å². The highest BCUT2D eigenvalue weighted by atomic mass is 15.2. The zero-order valence-corrected chi connectivity index (χ0v) is 42.9. The average molecular weight is 938 g/mol. The van der Waals surface area contributed by atoms with Gasteiger partial charge in [-0.2, -0.15) is 0 Å². The summed E-state index contributed by atoms with van der Waals surface area (Å²) in [5, 5.41) is 2.42. The summed E-state index contributed by atoms with van der Waals surface area (Å²) in [5.41, 5.74) is 22.9. The van der Waals surface area contributed by atoms with Gasteiger partial charge in [0.05, 0.1) is 17.1 Å². The molecule has 9 aromatic rings. The number of para-hydroxylation sites is 1. The summed E-state index contributed by atoms with van der Waals surface area (Å²) >= 11 is 0. The molecule has 0 N–H and O–H groups in total. The summed E-state index contributed by atoms with van der Waals surface area (Å²) in [4.78, 5) is 7.79. The lowest BCUT2D eigenvalue weighted by molar-refractivity contribution is 0.795. The lowest BCUT2D eigenvalue weighted by atomic mass is 9.33. The van der Waals surface area contributed by atoms with Crippen molar-refractivity contribution in [3.63, 3.8) is 0 Å². The van der Waals surface area contributed by atoms with Crippen molar-refractivity contribution in [1.29, 1.82) is 0 Å². The third-order valence-electron chi connectivity index (χ3n) is 15.3. The number of anilines is 9. The Morgan fingerprint density at radius 1 is 0.389 bits per heavy atom. The molecule has 0 saturated carbocycles. The van der Waals surface area contributed by atoms with Crippen molar-refractivity contribution in [3.05, 3.63) is 216 Å². The third kappa shape index (κ3) is 9.02. The zero-order chi connectivity index (χ0) is 49.0. The fraction of sp³-hybridized carbons (Fsp3) is 0.235. The molecule has 4 heteroatoms. The second-order valence-electron chi connectivity index (χ2n) is 20.3. The van der Waals surface area contributed by atoms with Crippen molar-refractivity contribution in [1.82, 2.24) is 0 Å². The zero-order valence-electron chi connectivity index (χ0n) is 42.9. The Bertz CT molecular complexity index is 3180. The molecule has 0 bridgehead atoms. The van der Waals surface area contributed by atoms with Crippen LogP contribution in [0.15, 0.2) is 194 Å². The second kappa shape index (κ2) is 21.2. The first-order valence-corrected chi connectivity index (χ1v) is 27.2. The predicted molar refractivity (Wildman–Crippen MR) is 313 cm³/mol. The number of unbranched alkanes of at least 4 members (excludes halogenated alkanes) is 4. The van der Waals surface area contributed by atoms with Crippen LogP contribution in [0.3, 0.4) is 0 Å². The van der Waals surface area contributed by atoms with Crippen molar-refractivity contribution >= 4 is 85.1 Å². The number of nitrogens with zero attached hydrogens (tertiary/aromatic N) is 3. The smallest absolute Gasteiger partial charge is 0.252 e. The van der Waals surface area contributed by atoms with E-state index < -0.39 is 0 Å². The van der Waals surface area contributed by atoms with E-state index in [1.54, 1.807) is 0 Å². The SMILES string of the molecule is CCCCc1ccc(N2c3ccc(CCCC)cc3B3c4cc(CCCC)ccc4N(c4ccc(CCCC)cc4)c4cc(N(c5ccccc5-c5ccccc5)c5cccc6ccccc56)cc2c43)cc1. The summed E-state index contributed by atoms with van der Waals surface area (Å²) in [5.74, 6) is 0. The highest BCUT2D eigenvalue weighted by molar-refractivity contribution is 7.00. The van der Waals surface area contributed by atoms with Crippen LogP contribution in [0, 0.1) is 0 Å². The van der Waals surface area contributed by atoms with Crippen LogP contribution in [0.5, 0.6) is 0 Å². The highest BCUT2D eigenvalue weighted by Crippen LogP contribution is 2.50. The maximum atomic E-state index is 2.61. The Morgan fingerprint density at radius 2 is 0.847 bits per heavy atom. The van der Waals surface area contributed by atoms with Crippen LogP contribution >= 0.6 is 0 Å². The van der Waals surface area contributed by atoms with Gasteiger partial charge in [-0.1, -0.05) is 187 Å². The number of hydrogen-bond acceptors (Lipinski definition) is 3.